The number of carbonyl (C=O) groups is 1. The Balaban J connectivity index is 3.44. The molecule has 2 nitrogen and oxygen atoms in total. The minimum Gasteiger partial charge on any atom is -0.463 e. The highest BCUT2D eigenvalue weighted by Gasteiger charge is 1.89. The summed E-state index contributed by atoms with van der Waals surface area (Å²) >= 11 is 0. The zero-order chi connectivity index (χ0) is 7.11. The van der Waals surface area contributed by atoms with Crippen LogP contribution in [0.1, 0.15) is 20.3 Å². The molecular formula is C7H12O2. The van der Waals surface area contributed by atoms with Crippen LogP contribution < -0.4 is 0 Å². The number of ether oxygens (including phenoxy) is 1. The van der Waals surface area contributed by atoms with Crippen molar-refractivity contribution >= 4 is 6.47 Å². The molecule has 0 fully saturated rings. The summed E-state index contributed by atoms with van der Waals surface area (Å²) in [5.41, 5.74) is 1.15. The molecule has 0 aliphatic rings. The Morgan fingerprint density at radius 3 is 2.67 bits per heavy atom. The van der Waals surface area contributed by atoms with E-state index >= 15 is 0 Å². The van der Waals surface area contributed by atoms with Gasteiger partial charge in [-0.1, -0.05) is 13.0 Å². The average Bonchev–Trinajstić information content (AvgIpc) is 1.91. The molecule has 0 aromatic heterocycles. The summed E-state index contributed by atoms with van der Waals surface area (Å²) in [6.45, 7) is 4.88. The number of hydrogen-bond donors (Lipinski definition) is 0. The van der Waals surface area contributed by atoms with E-state index in [-0.39, 0.29) is 0 Å². The molecule has 0 bridgehead atoms. The highest BCUT2D eigenvalue weighted by atomic mass is 16.5. The third-order valence-electron chi connectivity index (χ3n) is 1.20. The topological polar surface area (TPSA) is 26.3 Å². The lowest BCUT2D eigenvalue weighted by molar-refractivity contribution is -0.127. The molecule has 0 aliphatic heterocycles. The summed E-state index contributed by atoms with van der Waals surface area (Å²) in [5.74, 6) is 0. The van der Waals surface area contributed by atoms with Crippen molar-refractivity contribution in [3.63, 3.8) is 0 Å². The summed E-state index contributed by atoms with van der Waals surface area (Å²) in [6, 6.07) is 0. The maximum atomic E-state index is 9.69. The molecule has 0 aromatic rings. The van der Waals surface area contributed by atoms with Gasteiger partial charge in [0.1, 0.15) is 6.61 Å². The molecule has 0 N–H and O–H groups in total. The first-order chi connectivity index (χ1) is 4.35. The van der Waals surface area contributed by atoms with E-state index in [2.05, 4.69) is 4.74 Å². The molecule has 0 unspecified atom stereocenters. The van der Waals surface area contributed by atoms with Gasteiger partial charge >= 0.3 is 0 Å². The van der Waals surface area contributed by atoms with E-state index in [1.807, 2.05) is 19.9 Å². The van der Waals surface area contributed by atoms with Gasteiger partial charge in [0, 0.05) is 0 Å². The lowest BCUT2D eigenvalue weighted by atomic mass is 10.2. The van der Waals surface area contributed by atoms with Crippen molar-refractivity contribution in [3.05, 3.63) is 11.6 Å². The van der Waals surface area contributed by atoms with E-state index in [1.54, 1.807) is 0 Å². The first kappa shape index (κ1) is 8.21. The quantitative estimate of drug-likeness (QED) is 0.424. The van der Waals surface area contributed by atoms with Crippen LogP contribution in [0.25, 0.3) is 0 Å². The smallest absolute Gasteiger partial charge is 0.293 e. The van der Waals surface area contributed by atoms with Gasteiger partial charge in [0.25, 0.3) is 6.47 Å². The van der Waals surface area contributed by atoms with Gasteiger partial charge in [0.15, 0.2) is 0 Å². The van der Waals surface area contributed by atoms with Crippen LogP contribution in [0.3, 0.4) is 0 Å². The fourth-order valence-corrected chi connectivity index (χ4v) is 0.531. The van der Waals surface area contributed by atoms with Gasteiger partial charge in [-0.15, -0.1) is 0 Å². The Bertz CT molecular complexity index is 105. The normalized spacial score (nSPS) is 11.1. The largest absolute Gasteiger partial charge is 0.463 e. The van der Waals surface area contributed by atoms with E-state index in [9.17, 15) is 4.79 Å². The minimum atomic E-state index is 0.441. The molecule has 0 amide bonds. The van der Waals surface area contributed by atoms with Crippen LogP contribution in [-0.4, -0.2) is 13.1 Å². The first-order valence-electron chi connectivity index (χ1n) is 3.04. The van der Waals surface area contributed by atoms with Gasteiger partial charge in [0.05, 0.1) is 0 Å². The molecular weight excluding hydrogens is 116 g/mol. The van der Waals surface area contributed by atoms with Crippen LogP contribution in [0.4, 0.5) is 0 Å². The Morgan fingerprint density at radius 2 is 2.33 bits per heavy atom. The van der Waals surface area contributed by atoms with Gasteiger partial charge < -0.3 is 4.74 Å². The van der Waals surface area contributed by atoms with E-state index in [1.165, 1.54) is 0 Å². The SMILES string of the molecule is C/C=C(\CC)COC=O. The molecule has 0 aliphatic carbocycles. The van der Waals surface area contributed by atoms with Crippen LogP contribution >= 0.6 is 0 Å². The van der Waals surface area contributed by atoms with Crippen molar-refractivity contribution in [3.8, 4) is 0 Å². The summed E-state index contributed by atoms with van der Waals surface area (Å²) in [5, 5.41) is 0. The lowest BCUT2D eigenvalue weighted by Crippen LogP contribution is -1.94. The minimum absolute atomic E-state index is 0.441. The molecule has 0 aromatic carbocycles. The van der Waals surface area contributed by atoms with Crippen molar-refractivity contribution < 1.29 is 9.53 Å². The van der Waals surface area contributed by atoms with E-state index in [4.69, 9.17) is 0 Å². The number of hydrogen-bond acceptors (Lipinski definition) is 2. The Morgan fingerprint density at radius 1 is 1.67 bits per heavy atom. The predicted octanol–water partition coefficient (Wildman–Crippen LogP) is 1.52. The monoisotopic (exact) mass is 128 g/mol. The molecule has 2 heteroatoms. The third kappa shape index (κ3) is 3.76. The summed E-state index contributed by atoms with van der Waals surface area (Å²) in [7, 11) is 0. The summed E-state index contributed by atoms with van der Waals surface area (Å²) in [6.07, 6.45) is 2.91. The van der Waals surface area contributed by atoms with Gasteiger partial charge in [-0.25, -0.2) is 0 Å². The first-order valence-corrected chi connectivity index (χ1v) is 3.04. The van der Waals surface area contributed by atoms with Crippen LogP contribution in [0.15, 0.2) is 11.6 Å². The summed E-state index contributed by atoms with van der Waals surface area (Å²) in [4.78, 5) is 9.69. The second-order valence-electron chi connectivity index (χ2n) is 1.71. The Labute approximate surface area is 55.5 Å². The zero-order valence-electron chi connectivity index (χ0n) is 5.89. The fraction of sp³-hybridized carbons (Fsp3) is 0.571. The van der Waals surface area contributed by atoms with Crippen LogP contribution in [0.5, 0.6) is 0 Å². The second-order valence-corrected chi connectivity index (χ2v) is 1.71. The molecule has 0 saturated heterocycles. The number of rotatable bonds is 4. The fourth-order valence-electron chi connectivity index (χ4n) is 0.531. The highest BCUT2D eigenvalue weighted by molar-refractivity contribution is 5.37. The van der Waals surface area contributed by atoms with Gasteiger partial charge in [-0.3, -0.25) is 4.79 Å². The van der Waals surface area contributed by atoms with E-state index in [0.29, 0.717) is 13.1 Å². The molecule has 0 rings (SSSR count). The lowest BCUT2D eigenvalue weighted by Gasteiger charge is -1.99. The van der Waals surface area contributed by atoms with Gasteiger partial charge in [-0.2, -0.15) is 0 Å². The van der Waals surface area contributed by atoms with Crippen molar-refractivity contribution in [1.29, 1.82) is 0 Å². The van der Waals surface area contributed by atoms with Crippen molar-refractivity contribution in [2.24, 2.45) is 0 Å². The molecule has 52 valence electrons. The molecule has 0 saturated carbocycles. The van der Waals surface area contributed by atoms with E-state index < -0.39 is 0 Å². The molecule has 0 radical (unpaired) electrons. The Kier molecular flexibility index (Phi) is 4.88. The maximum absolute atomic E-state index is 9.69. The second kappa shape index (κ2) is 5.35. The molecule has 0 atom stereocenters. The van der Waals surface area contributed by atoms with Crippen LogP contribution in [0, 0.1) is 0 Å². The van der Waals surface area contributed by atoms with Crippen molar-refractivity contribution in [1.82, 2.24) is 0 Å². The summed E-state index contributed by atoms with van der Waals surface area (Å²) < 4.78 is 4.53. The molecule has 0 spiro atoms. The number of carbonyl (C=O) groups excluding carboxylic acids is 1. The van der Waals surface area contributed by atoms with Crippen LogP contribution in [-0.2, 0) is 9.53 Å². The predicted molar refractivity (Wildman–Crippen MR) is 36.1 cm³/mol. The average molecular weight is 128 g/mol. The standard InChI is InChI=1S/C7H12O2/c1-3-7(4-2)5-9-6-8/h3,6H,4-5H2,1-2H3/b7-3+. The Hall–Kier alpha value is -0.790. The van der Waals surface area contributed by atoms with E-state index in [0.717, 1.165) is 12.0 Å². The van der Waals surface area contributed by atoms with Crippen molar-refractivity contribution in [2.75, 3.05) is 6.61 Å². The molecule has 9 heavy (non-hydrogen) atoms. The highest BCUT2D eigenvalue weighted by Crippen LogP contribution is 1.98. The van der Waals surface area contributed by atoms with Gasteiger partial charge in [-0.05, 0) is 18.9 Å². The van der Waals surface area contributed by atoms with Gasteiger partial charge in [0.2, 0.25) is 0 Å². The molecule has 0 heterocycles. The number of allylic oxidation sites excluding steroid dienone is 1. The zero-order valence-corrected chi connectivity index (χ0v) is 5.89. The third-order valence-corrected chi connectivity index (χ3v) is 1.20. The van der Waals surface area contributed by atoms with Crippen LogP contribution in [0.2, 0.25) is 0 Å². The maximum Gasteiger partial charge on any atom is 0.293 e. The van der Waals surface area contributed by atoms with Crippen molar-refractivity contribution in [2.45, 2.75) is 20.3 Å².